The van der Waals surface area contributed by atoms with E-state index in [1.165, 1.54) is 12.1 Å². The number of hydrogen-bond donors (Lipinski definition) is 4. The van der Waals surface area contributed by atoms with Crippen LogP contribution in [-0.4, -0.2) is 39.7 Å². The fraction of sp³-hybridized carbons (Fsp3) is 0.231. The number of nitrogens with zero attached hydrogens (tertiary/aromatic N) is 3. The lowest BCUT2D eigenvalue weighted by molar-refractivity contribution is -0.137. The van der Waals surface area contributed by atoms with Crippen LogP contribution >= 0.6 is 12.2 Å². The normalized spacial score (nSPS) is 11.9. The highest BCUT2D eigenvalue weighted by Crippen LogP contribution is 2.29. The molecule has 38 heavy (non-hydrogen) atoms. The van der Waals surface area contributed by atoms with E-state index in [0.717, 1.165) is 45.7 Å². The third-order valence-electron chi connectivity index (χ3n) is 5.54. The Morgan fingerprint density at radius 2 is 1.74 bits per heavy atom. The molecule has 4 N–H and O–H groups in total. The number of aryl methyl sites for hydroxylation is 2. The number of thiocarbonyl (C=S) groups is 1. The lowest BCUT2D eigenvalue weighted by Gasteiger charge is -2.15. The first-order chi connectivity index (χ1) is 18.1. The van der Waals surface area contributed by atoms with Crippen molar-refractivity contribution in [3.05, 3.63) is 77.2 Å². The van der Waals surface area contributed by atoms with Gasteiger partial charge in [0.2, 0.25) is 11.9 Å². The molecule has 0 spiro atoms. The van der Waals surface area contributed by atoms with E-state index in [2.05, 4.69) is 35.9 Å². The van der Waals surface area contributed by atoms with Crippen LogP contribution in [0, 0.1) is 13.8 Å². The van der Waals surface area contributed by atoms with Crippen LogP contribution in [0.5, 0.6) is 5.75 Å². The van der Waals surface area contributed by atoms with E-state index in [1.54, 1.807) is 7.11 Å². The van der Waals surface area contributed by atoms with Gasteiger partial charge < -0.3 is 20.4 Å². The minimum Gasteiger partial charge on any atom is -0.497 e. The van der Waals surface area contributed by atoms with Crippen molar-refractivity contribution in [3.8, 4) is 5.75 Å². The Morgan fingerprint density at radius 1 is 1.03 bits per heavy atom. The molecule has 0 aliphatic heterocycles. The number of halogens is 3. The van der Waals surface area contributed by atoms with Crippen LogP contribution in [0.1, 0.15) is 22.5 Å². The maximum absolute atomic E-state index is 12.9. The average Bonchev–Trinajstić information content (AvgIpc) is 3.25. The number of aromatic nitrogens is 3. The summed E-state index contributed by atoms with van der Waals surface area (Å²) in [6, 6.07) is 12.2. The number of rotatable bonds is 6. The van der Waals surface area contributed by atoms with Gasteiger partial charge in [0, 0.05) is 40.7 Å². The summed E-state index contributed by atoms with van der Waals surface area (Å²) in [4.78, 5) is 16.6. The Bertz CT molecular complexity index is 1450. The van der Waals surface area contributed by atoms with Gasteiger partial charge in [-0.15, -0.1) is 0 Å². The van der Waals surface area contributed by atoms with Gasteiger partial charge in [0.25, 0.3) is 0 Å². The third kappa shape index (κ3) is 6.97. The molecule has 0 fully saturated rings. The molecule has 12 heteroatoms. The van der Waals surface area contributed by atoms with Gasteiger partial charge in [-0.25, -0.2) is 9.97 Å². The minimum absolute atomic E-state index is 0.136. The summed E-state index contributed by atoms with van der Waals surface area (Å²) in [7, 11) is 1.62. The number of anilines is 2. The topological polar surface area (TPSA) is 99.2 Å². The number of hydrogen-bond acceptors (Lipinski definition) is 5. The first-order valence-electron chi connectivity index (χ1n) is 11.6. The van der Waals surface area contributed by atoms with Crippen LogP contribution in [0.4, 0.5) is 24.8 Å². The number of H-pyrrole nitrogens is 1. The highest BCUT2D eigenvalue weighted by molar-refractivity contribution is 7.80. The molecule has 2 aromatic heterocycles. The molecule has 0 unspecified atom stereocenters. The Kier molecular flexibility index (Phi) is 8.10. The zero-order valence-corrected chi connectivity index (χ0v) is 21.7. The predicted molar refractivity (Wildman–Crippen MR) is 147 cm³/mol. The molecule has 0 aliphatic carbocycles. The fourth-order valence-electron chi connectivity index (χ4n) is 3.79. The third-order valence-corrected chi connectivity index (χ3v) is 5.74. The van der Waals surface area contributed by atoms with Crippen molar-refractivity contribution in [1.82, 2.24) is 20.3 Å². The number of aromatic amines is 1. The van der Waals surface area contributed by atoms with E-state index in [1.807, 2.05) is 44.3 Å². The van der Waals surface area contributed by atoms with Crippen molar-refractivity contribution in [2.24, 2.45) is 4.99 Å². The number of benzene rings is 2. The molecular weight excluding hydrogens is 515 g/mol. The van der Waals surface area contributed by atoms with E-state index in [0.29, 0.717) is 24.6 Å². The highest BCUT2D eigenvalue weighted by atomic mass is 32.1. The van der Waals surface area contributed by atoms with Gasteiger partial charge in [-0.2, -0.15) is 13.2 Å². The zero-order chi connectivity index (χ0) is 27.3. The molecule has 198 valence electrons. The lowest BCUT2D eigenvalue weighted by atomic mass is 10.1. The first kappa shape index (κ1) is 26.9. The second-order valence-corrected chi connectivity index (χ2v) is 8.87. The van der Waals surface area contributed by atoms with Crippen molar-refractivity contribution < 1.29 is 17.9 Å². The molecule has 0 radical (unpaired) electrons. The number of fused-ring (bicyclic) bond motifs is 1. The number of aliphatic imine (C=N–C) groups is 1. The standard InChI is InChI=1S/C26H26F3N7OS/c1-15-12-16(2)33-24(32-15)35-23(36-25(38)34-19-6-4-18(5-7-19)26(27,28)29)30-11-10-17-14-31-22-9-8-20(37-3)13-21(17)22/h4-9,12-14,31H,10-11H2,1-3H3,(H3,30,32,33,34,35,36,38). The molecule has 8 nitrogen and oxygen atoms in total. The van der Waals surface area contributed by atoms with Crippen molar-refractivity contribution in [1.29, 1.82) is 0 Å². The van der Waals surface area contributed by atoms with Gasteiger partial charge in [0.1, 0.15) is 5.75 Å². The zero-order valence-electron chi connectivity index (χ0n) is 20.9. The highest BCUT2D eigenvalue weighted by Gasteiger charge is 2.29. The van der Waals surface area contributed by atoms with Crippen molar-refractivity contribution in [2.45, 2.75) is 26.4 Å². The predicted octanol–water partition coefficient (Wildman–Crippen LogP) is 5.60. The Hall–Kier alpha value is -4.19. The van der Waals surface area contributed by atoms with E-state index < -0.39 is 11.7 Å². The average molecular weight is 542 g/mol. The monoisotopic (exact) mass is 541 g/mol. The number of ether oxygens (including phenoxy) is 1. The molecule has 4 rings (SSSR count). The fourth-order valence-corrected chi connectivity index (χ4v) is 4.00. The van der Waals surface area contributed by atoms with Crippen molar-refractivity contribution in [3.63, 3.8) is 0 Å². The van der Waals surface area contributed by atoms with E-state index >= 15 is 0 Å². The van der Waals surface area contributed by atoms with Gasteiger partial charge in [0.05, 0.1) is 12.7 Å². The second kappa shape index (κ2) is 11.5. The molecular formula is C26H26F3N7OS. The maximum Gasteiger partial charge on any atom is 0.416 e. The number of nitrogens with one attached hydrogen (secondary N) is 4. The first-order valence-corrected chi connectivity index (χ1v) is 12.0. The molecule has 0 saturated carbocycles. The summed E-state index contributed by atoms with van der Waals surface area (Å²) in [5, 5.41) is 10.1. The molecule has 0 saturated heterocycles. The maximum atomic E-state index is 12.9. The van der Waals surface area contributed by atoms with Gasteiger partial charge in [0.15, 0.2) is 5.11 Å². The molecule has 2 aromatic carbocycles. The van der Waals surface area contributed by atoms with Crippen LogP contribution in [0.3, 0.4) is 0 Å². The van der Waals surface area contributed by atoms with Crippen LogP contribution in [0.15, 0.2) is 59.7 Å². The van der Waals surface area contributed by atoms with Crippen molar-refractivity contribution >= 4 is 45.8 Å². The summed E-state index contributed by atoms with van der Waals surface area (Å²) in [5.41, 5.74) is 3.26. The number of guanidine groups is 1. The Morgan fingerprint density at radius 3 is 2.39 bits per heavy atom. The summed E-state index contributed by atoms with van der Waals surface area (Å²) < 4.78 is 43.9. The Labute approximate surface area is 222 Å². The molecule has 0 aliphatic rings. The largest absolute Gasteiger partial charge is 0.497 e. The van der Waals surface area contributed by atoms with Gasteiger partial charge in [-0.1, -0.05) is 0 Å². The Balaban J connectivity index is 1.49. The second-order valence-electron chi connectivity index (χ2n) is 8.46. The van der Waals surface area contributed by atoms with Crippen LogP contribution in [0.2, 0.25) is 0 Å². The van der Waals surface area contributed by atoms with E-state index in [9.17, 15) is 13.2 Å². The molecule has 0 atom stereocenters. The lowest BCUT2D eigenvalue weighted by Crippen LogP contribution is -2.39. The smallest absolute Gasteiger partial charge is 0.416 e. The van der Waals surface area contributed by atoms with Gasteiger partial charge in [-0.05, 0) is 86.6 Å². The van der Waals surface area contributed by atoms with Crippen LogP contribution < -0.4 is 20.7 Å². The summed E-state index contributed by atoms with van der Waals surface area (Å²) >= 11 is 5.38. The van der Waals surface area contributed by atoms with Crippen LogP contribution in [0.25, 0.3) is 10.9 Å². The SMILES string of the molecule is COc1ccc2[nH]cc(CCN=C(NC(=S)Nc3ccc(C(F)(F)F)cc3)Nc3nc(C)cc(C)n3)c2c1. The molecule has 0 bridgehead atoms. The summed E-state index contributed by atoms with van der Waals surface area (Å²) in [6.45, 7) is 4.10. The molecule has 4 aromatic rings. The molecule has 2 heterocycles. The van der Waals surface area contributed by atoms with E-state index in [-0.39, 0.29) is 11.1 Å². The quantitative estimate of drug-likeness (QED) is 0.143. The minimum atomic E-state index is -4.41. The summed E-state index contributed by atoms with van der Waals surface area (Å²) in [6.07, 6.45) is -1.86. The number of alkyl halides is 3. The van der Waals surface area contributed by atoms with E-state index in [4.69, 9.17) is 17.0 Å². The summed E-state index contributed by atoms with van der Waals surface area (Å²) in [5.74, 6) is 1.39. The van der Waals surface area contributed by atoms with Gasteiger partial charge >= 0.3 is 6.18 Å². The number of methoxy groups -OCH3 is 1. The van der Waals surface area contributed by atoms with Crippen LogP contribution in [-0.2, 0) is 12.6 Å². The van der Waals surface area contributed by atoms with Crippen molar-refractivity contribution in [2.75, 3.05) is 24.3 Å². The van der Waals surface area contributed by atoms with Gasteiger partial charge in [-0.3, -0.25) is 10.3 Å². The molecule has 0 amide bonds.